The predicted octanol–water partition coefficient (Wildman–Crippen LogP) is 3.30. The average molecular weight is 261 g/mol. The van der Waals surface area contributed by atoms with Crippen molar-refractivity contribution in [3.05, 3.63) is 53.3 Å². The number of nitrogen functional groups attached to an aromatic ring is 1. The molecule has 2 rings (SSSR count). The number of hydrogen-bond acceptors (Lipinski definition) is 3. The van der Waals surface area contributed by atoms with E-state index in [1.165, 1.54) is 13.2 Å². The van der Waals surface area contributed by atoms with Crippen molar-refractivity contribution in [1.29, 1.82) is 0 Å². The Balaban J connectivity index is 2.10. The van der Waals surface area contributed by atoms with Gasteiger partial charge in [0.1, 0.15) is 12.4 Å². The van der Waals surface area contributed by atoms with Gasteiger partial charge in [-0.1, -0.05) is 18.2 Å². The Morgan fingerprint density at radius 1 is 1.16 bits per heavy atom. The average Bonchev–Trinajstić information content (AvgIpc) is 2.40. The Kier molecular flexibility index (Phi) is 3.90. The van der Waals surface area contributed by atoms with Crippen LogP contribution in [0.2, 0.25) is 0 Å². The van der Waals surface area contributed by atoms with Crippen molar-refractivity contribution in [3.63, 3.8) is 0 Å². The summed E-state index contributed by atoms with van der Waals surface area (Å²) in [6.45, 7) is 2.17. The molecule has 0 aliphatic carbocycles. The smallest absolute Gasteiger partial charge is 0.165 e. The Hall–Kier alpha value is -2.23. The maximum absolute atomic E-state index is 13.5. The van der Waals surface area contributed by atoms with Gasteiger partial charge >= 0.3 is 0 Å². The van der Waals surface area contributed by atoms with Crippen LogP contribution in [-0.2, 0) is 6.61 Å². The second-order valence-electron chi connectivity index (χ2n) is 4.24. The van der Waals surface area contributed by atoms with Crippen molar-refractivity contribution in [1.82, 2.24) is 0 Å². The largest absolute Gasteiger partial charge is 0.494 e. The van der Waals surface area contributed by atoms with E-state index in [0.29, 0.717) is 11.4 Å². The van der Waals surface area contributed by atoms with Crippen LogP contribution in [0.15, 0.2) is 36.4 Å². The van der Waals surface area contributed by atoms with E-state index in [2.05, 4.69) is 0 Å². The molecule has 0 aliphatic rings. The highest BCUT2D eigenvalue weighted by atomic mass is 19.1. The first-order valence-electron chi connectivity index (χ1n) is 5.92. The molecule has 0 radical (unpaired) electrons. The van der Waals surface area contributed by atoms with Gasteiger partial charge in [-0.2, -0.15) is 0 Å². The van der Waals surface area contributed by atoms with Crippen LogP contribution in [0.1, 0.15) is 11.1 Å². The van der Waals surface area contributed by atoms with E-state index >= 15 is 0 Å². The van der Waals surface area contributed by atoms with Gasteiger partial charge in [-0.15, -0.1) is 0 Å². The predicted molar refractivity (Wildman–Crippen MR) is 72.9 cm³/mol. The third-order valence-electron chi connectivity index (χ3n) is 2.89. The number of nitrogens with two attached hydrogens (primary N) is 1. The van der Waals surface area contributed by atoms with Crippen LogP contribution in [0.5, 0.6) is 11.5 Å². The lowest BCUT2D eigenvalue weighted by Crippen LogP contribution is -2.00. The highest BCUT2D eigenvalue weighted by Gasteiger charge is 2.06. The molecule has 0 heterocycles. The number of ether oxygens (including phenoxy) is 2. The van der Waals surface area contributed by atoms with Crippen LogP contribution >= 0.6 is 0 Å². The fraction of sp³-hybridized carbons (Fsp3) is 0.200. The lowest BCUT2D eigenvalue weighted by atomic mass is 10.2. The molecule has 0 fully saturated rings. The molecule has 4 heteroatoms. The fourth-order valence-corrected chi connectivity index (χ4v) is 1.74. The van der Waals surface area contributed by atoms with Crippen LogP contribution in [0, 0.1) is 12.7 Å². The summed E-state index contributed by atoms with van der Waals surface area (Å²) in [4.78, 5) is 0. The molecule has 0 aromatic heterocycles. The monoisotopic (exact) mass is 261 g/mol. The SMILES string of the molecule is COc1ccc(COc2cccc(C)c2N)cc1F. The van der Waals surface area contributed by atoms with E-state index < -0.39 is 5.82 Å². The van der Waals surface area contributed by atoms with E-state index in [1.54, 1.807) is 18.2 Å². The quantitative estimate of drug-likeness (QED) is 0.859. The molecule has 0 saturated carbocycles. The van der Waals surface area contributed by atoms with Crippen molar-refractivity contribution in [2.45, 2.75) is 13.5 Å². The number of rotatable bonds is 4. The van der Waals surface area contributed by atoms with E-state index in [1.807, 2.05) is 19.1 Å². The van der Waals surface area contributed by atoms with Gasteiger partial charge in [0, 0.05) is 0 Å². The van der Waals surface area contributed by atoms with E-state index in [0.717, 1.165) is 11.1 Å². The van der Waals surface area contributed by atoms with Crippen molar-refractivity contribution in [2.24, 2.45) is 0 Å². The molecule has 0 aliphatic heterocycles. The minimum atomic E-state index is -0.402. The zero-order valence-corrected chi connectivity index (χ0v) is 10.9. The molecule has 19 heavy (non-hydrogen) atoms. The summed E-state index contributed by atoms with van der Waals surface area (Å²) in [5.41, 5.74) is 8.19. The normalized spacial score (nSPS) is 10.3. The van der Waals surface area contributed by atoms with Gasteiger partial charge in [-0.3, -0.25) is 0 Å². The number of methoxy groups -OCH3 is 1. The second kappa shape index (κ2) is 5.61. The van der Waals surface area contributed by atoms with E-state index in [4.69, 9.17) is 15.2 Å². The van der Waals surface area contributed by atoms with Gasteiger partial charge < -0.3 is 15.2 Å². The molecule has 2 N–H and O–H groups in total. The minimum absolute atomic E-state index is 0.221. The molecular formula is C15H16FNO2. The van der Waals surface area contributed by atoms with Gasteiger partial charge in [0.2, 0.25) is 0 Å². The summed E-state index contributed by atoms with van der Waals surface area (Å²) in [6, 6.07) is 10.3. The Morgan fingerprint density at radius 2 is 1.95 bits per heavy atom. The van der Waals surface area contributed by atoms with Crippen LogP contribution < -0.4 is 15.2 Å². The zero-order chi connectivity index (χ0) is 13.8. The number of para-hydroxylation sites is 1. The first kappa shape index (κ1) is 13.2. The van der Waals surface area contributed by atoms with Crippen LogP contribution in [0.3, 0.4) is 0 Å². The molecule has 0 unspecified atom stereocenters. The van der Waals surface area contributed by atoms with Crippen LogP contribution in [0.25, 0.3) is 0 Å². The number of hydrogen-bond donors (Lipinski definition) is 1. The van der Waals surface area contributed by atoms with E-state index in [9.17, 15) is 4.39 Å². The molecule has 0 amide bonds. The summed E-state index contributed by atoms with van der Waals surface area (Å²) in [6.07, 6.45) is 0. The Labute approximate surface area is 111 Å². The molecule has 2 aromatic rings. The zero-order valence-electron chi connectivity index (χ0n) is 10.9. The standard InChI is InChI=1S/C15H16FNO2/c1-10-4-3-5-14(15(10)17)19-9-11-6-7-13(18-2)12(16)8-11/h3-8H,9,17H2,1-2H3. The van der Waals surface area contributed by atoms with Crippen molar-refractivity contribution < 1.29 is 13.9 Å². The number of anilines is 1. The summed E-state index contributed by atoms with van der Waals surface area (Å²) in [5, 5.41) is 0. The lowest BCUT2D eigenvalue weighted by Gasteiger charge is -2.11. The molecular weight excluding hydrogens is 245 g/mol. The fourth-order valence-electron chi connectivity index (χ4n) is 1.74. The van der Waals surface area contributed by atoms with Gasteiger partial charge in [0.25, 0.3) is 0 Å². The van der Waals surface area contributed by atoms with Gasteiger partial charge in [0.15, 0.2) is 11.6 Å². The highest BCUT2D eigenvalue weighted by Crippen LogP contribution is 2.26. The van der Waals surface area contributed by atoms with Gasteiger partial charge in [-0.25, -0.2) is 4.39 Å². The first-order chi connectivity index (χ1) is 9.11. The Bertz CT molecular complexity index is 584. The Morgan fingerprint density at radius 3 is 2.63 bits per heavy atom. The van der Waals surface area contributed by atoms with Gasteiger partial charge in [-0.05, 0) is 36.2 Å². The van der Waals surface area contributed by atoms with E-state index in [-0.39, 0.29) is 12.4 Å². The summed E-state index contributed by atoms with van der Waals surface area (Å²) < 4.78 is 24.0. The second-order valence-corrected chi connectivity index (χ2v) is 4.24. The maximum atomic E-state index is 13.5. The highest BCUT2D eigenvalue weighted by molar-refractivity contribution is 5.57. The van der Waals surface area contributed by atoms with Crippen molar-refractivity contribution in [2.75, 3.05) is 12.8 Å². The maximum Gasteiger partial charge on any atom is 0.165 e. The minimum Gasteiger partial charge on any atom is -0.494 e. The summed E-state index contributed by atoms with van der Waals surface area (Å²) >= 11 is 0. The molecule has 0 spiro atoms. The first-order valence-corrected chi connectivity index (χ1v) is 5.92. The number of benzene rings is 2. The third kappa shape index (κ3) is 2.96. The number of aryl methyl sites for hydroxylation is 1. The molecule has 0 saturated heterocycles. The van der Waals surface area contributed by atoms with Crippen LogP contribution in [0.4, 0.5) is 10.1 Å². The molecule has 3 nitrogen and oxygen atoms in total. The van der Waals surface area contributed by atoms with Crippen LogP contribution in [-0.4, -0.2) is 7.11 Å². The molecule has 2 aromatic carbocycles. The van der Waals surface area contributed by atoms with Crippen molar-refractivity contribution >= 4 is 5.69 Å². The third-order valence-corrected chi connectivity index (χ3v) is 2.89. The molecule has 0 bridgehead atoms. The topological polar surface area (TPSA) is 44.5 Å². The van der Waals surface area contributed by atoms with Crippen molar-refractivity contribution in [3.8, 4) is 11.5 Å². The summed E-state index contributed by atoms with van der Waals surface area (Å²) in [7, 11) is 1.43. The van der Waals surface area contributed by atoms with Gasteiger partial charge in [0.05, 0.1) is 12.8 Å². The number of halogens is 1. The lowest BCUT2D eigenvalue weighted by molar-refractivity contribution is 0.306. The molecule has 0 atom stereocenters. The summed E-state index contributed by atoms with van der Waals surface area (Å²) in [5.74, 6) is 0.427. The molecule has 100 valence electrons.